The number of hydrogen-bond acceptors (Lipinski definition) is 4. The van der Waals surface area contributed by atoms with Crippen LogP contribution in [-0.4, -0.2) is 35.2 Å². The van der Waals surface area contributed by atoms with Gasteiger partial charge in [0, 0.05) is 6.54 Å². The Balaban J connectivity index is 2.26. The Morgan fingerprint density at radius 3 is 2.30 bits per heavy atom. The molecule has 2 heterocycles. The van der Waals surface area contributed by atoms with Crippen molar-refractivity contribution in [1.82, 2.24) is 4.90 Å². The molecular weight excluding hydrogens is 252 g/mol. The van der Waals surface area contributed by atoms with Crippen molar-refractivity contribution >= 4 is 0 Å². The highest BCUT2D eigenvalue weighted by molar-refractivity contribution is 5.14. The minimum absolute atomic E-state index is 0.157. The van der Waals surface area contributed by atoms with Gasteiger partial charge >= 0.3 is 0 Å². The lowest BCUT2D eigenvalue weighted by Gasteiger charge is -2.45. The van der Waals surface area contributed by atoms with Crippen LogP contribution in [0.2, 0.25) is 0 Å². The van der Waals surface area contributed by atoms with Gasteiger partial charge in [0.2, 0.25) is 0 Å². The Morgan fingerprint density at radius 1 is 1.25 bits per heavy atom. The Labute approximate surface area is 122 Å². The molecule has 1 aliphatic heterocycles. The summed E-state index contributed by atoms with van der Waals surface area (Å²) in [4.78, 5) is 2.29. The summed E-state index contributed by atoms with van der Waals surface area (Å²) in [6.45, 7) is 11.8. The van der Waals surface area contributed by atoms with Gasteiger partial charge in [0.1, 0.15) is 11.5 Å². The van der Waals surface area contributed by atoms with E-state index >= 15 is 0 Å². The summed E-state index contributed by atoms with van der Waals surface area (Å²) < 4.78 is 12.0. The van der Waals surface area contributed by atoms with E-state index in [4.69, 9.17) is 14.9 Å². The Kier molecular flexibility index (Phi) is 3.78. The summed E-state index contributed by atoms with van der Waals surface area (Å²) in [5, 5.41) is 0. The fourth-order valence-corrected chi connectivity index (χ4v) is 3.76. The first-order valence-electron chi connectivity index (χ1n) is 7.29. The van der Waals surface area contributed by atoms with E-state index in [2.05, 4.69) is 39.6 Å². The SMILES string of the molecule is Cc1ccc(CN(C)C2(CN)CC(C)(C)OC2(C)C)o1. The fourth-order valence-electron chi connectivity index (χ4n) is 3.76. The minimum Gasteiger partial charge on any atom is -0.465 e. The van der Waals surface area contributed by atoms with Crippen molar-refractivity contribution in [3.05, 3.63) is 23.7 Å². The molecule has 2 rings (SSSR count). The van der Waals surface area contributed by atoms with E-state index in [9.17, 15) is 0 Å². The maximum absolute atomic E-state index is 6.25. The van der Waals surface area contributed by atoms with E-state index in [0.717, 1.165) is 24.5 Å². The van der Waals surface area contributed by atoms with Gasteiger partial charge in [-0.1, -0.05) is 0 Å². The third kappa shape index (κ3) is 2.52. The normalized spacial score (nSPS) is 28.2. The molecule has 1 unspecified atom stereocenters. The van der Waals surface area contributed by atoms with Gasteiger partial charge in [0.05, 0.1) is 23.3 Å². The Bertz CT molecular complexity index is 479. The van der Waals surface area contributed by atoms with Crippen molar-refractivity contribution in [3.8, 4) is 0 Å². The number of ether oxygens (including phenoxy) is 1. The molecule has 1 aromatic rings. The first-order chi connectivity index (χ1) is 9.12. The van der Waals surface area contributed by atoms with Crippen molar-refractivity contribution in [1.29, 1.82) is 0 Å². The second-order valence-corrected chi connectivity index (χ2v) is 7.15. The van der Waals surface area contributed by atoms with Crippen molar-refractivity contribution in [2.45, 2.75) is 64.3 Å². The molecule has 1 aliphatic rings. The van der Waals surface area contributed by atoms with Gasteiger partial charge < -0.3 is 14.9 Å². The molecule has 0 saturated carbocycles. The fraction of sp³-hybridized carbons (Fsp3) is 0.750. The van der Waals surface area contributed by atoms with Gasteiger partial charge in [0.25, 0.3) is 0 Å². The van der Waals surface area contributed by atoms with Crippen LogP contribution in [0.1, 0.15) is 45.6 Å². The zero-order valence-corrected chi connectivity index (χ0v) is 13.6. The minimum atomic E-state index is -0.290. The first kappa shape index (κ1) is 15.5. The van der Waals surface area contributed by atoms with Gasteiger partial charge in [-0.2, -0.15) is 0 Å². The van der Waals surface area contributed by atoms with E-state index in [0.29, 0.717) is 6.54 Å². The molecule has 0 aromatic carbocycles. The predicted octanol–water partition coefficient (Wildman–Crippen LogP) is 2.69. The second-order valence-electron chi connectivity index (χ2n) is 7.15. The number of hydrogen-bond donors (Lipinski definition) is 1. The van der Waals surface area contributed by atoms with Crippen LogP contribution in [0.3, 0.4) is 0 Å². The highest BCUT2D eigenvalue weighted by atomic mass is 16.5. The average molecular weight is 280 g/mol. The Morgan fingerprint density at radius 2 is 1.90 bits per heavy atom. The molecule has 20 heavy (non-hydrogen) atoms. The van der Waals surface area contributed by atoms with Crippen LogP contribution in [0.25, 0.3) is 0 Å². The number of furan rings is 1. The maximum Gasteiger partial charge on any atom is 0.118 e. The van der Waals surface area contributed by atoms with Crippen molar-refractivity contribution in [2.24, 2.45) is 5.73 Å². The summed E-state index contributed by atoms with van der Waals surface area (Å²) in [6, 6.07) is 4.03. The monoisotopic (exact) mass is 280 g/mol. The number of nitrogens with zero attached hydrogens (tertiary/aromatic N) is 1. The van der Waals surface area contributed by atoms with Crippen molar-refractivity contribution < 1.29 is 9.15 Å². The first-order valence-corrected chi connectivity index (χ1v) is 7.29. The quantitative estimate of drug-likeness (QED) is 0.921. The van der Waals surface area contributed by atoms with Crippen LogP contribution in [0, 0.1) is 6.92 Å². The molecule has 4 nitrogen and oxygen atoms in total. The highest BCUT2D eigenvalue weighted by Crippen LogP contribution is 2.47. The summed E-state index contributed by atoms with van der Waals surface area (Å²) in [6.07, 6.45) is 0.916. The van der Waals surface area contributed by atoms with Crippen LogP contribution in [0.5, 0.6) is 0 Å². The van der Waals surface area contributed by atoms with Crippen molar-refractivity contribution in [2.75, 3.05) is 13.6 Å². The van der Waals surface area contributed by atoms with Gasteiger partial charge in [-0.15, -0.1) is 0 Å². The topological polar surface area (TPSA) is 51.6 Å². The van der Waals surface area contributed by atoms with E-state index in [1.165, 1.54) is 0 Å². The lowest BCUT2D eigenvalue weighted by atomic mass is 9.77. The molecule has 1 fully saturated rings. The molecule has 2 N–H and O–H groups in total. The van der Waals surface area contributed by atoms with Crippen molar-refractivity contribution in [3.63, 3.8) is 0 Å². The van der Waals surface area contributed by atoms with Crippen LogP contribution in [-0.2, 0) is 11.3 Å². The standard InChI is InChI=1S/C16H28N2O2/c1-12-7-8-13(19-12)9-18(6)16(11-17)10-14(2,3)20-15(16,4)5/h7-8H,9-11,17H2,1-6H3. The predicted molar refractivity (Wildman–Crippen MR) is 80.6 cm³/mol. The maximum atomic E-state index is 6.25. The summed E-state index contributed by atoms with van der Waals surface area (Å²) in [5.41, 5.74) is 5.54. The van der Waals surface area contributed by atoms with Gasteiger partial charge in [0.15, 0.2) is 0 Å². The lowest BCUT2D eigenvalue weighted by Crippen LogP contribution is -2.61. The van der Waals surface area contributed by atoms with Crippen LogP contribution in [0.15, 0.2) is 16.5 Å². The van der Waals surface area contributed by atoms with E-state index < -0.39 is 0 Å². The number of rotatable bonds is 4. The molecule has 0 radical (unpaired) electrons. The van der Waals surface area contributed by atoms with E-state index in [1.807, 2.05) is 19.1 Å². The molecule has 0 amide bonds. The zero-order valence-electron chi connectivity index (χ0n) is 13.6. The van der Waals surface area contributed by atoms with Gasteiger partial charge in [-0.25, -0.2) is 0 Å². The van der Waals surface area contributed by atoms with E-state index in [1.54, 1.807) is 0 Å². The molecule has 114 valence electrons. The lowest BCUT2D eigenvalue weighted by molar-refractivity contribution is -0.102. The molecule has 1 atom stereocenters. The zero-order chi connectivity index (χ0) is 15.2. The summed E-state index contributed by atoms with van der Waals surface area (Å²) >= 11 is 0. The highest BCUT2D eigenvalue weighted by Gasteiger charge is 2.58. The number of aryl methyl sites for hydroxylation is 1. The van der Waals surface area contributed by atoms with Gasteiger partial charge in [-0.05, 0) is 60.2 Å². The summed E-state index contributed by atoms with van der Waals surface area (Å²) in [5.74, 6) is 1.91. The molecule has 0 bridgehead atoms. The van der Waals surface area contributed by atoms with Crippen LogP contribution < -0.4 is 5.73 Å². The van der Waals surface area contributed by atoms with Crippen LogP contribution in [0.4, 0.5) is 0 Å². The third-order valence-corrected chi connectivity index (χ3v) is 4.63. The number of likely N-dealkylation sites (N-methyl/N-ethyl adjacent to an activating group) is 1. The second kappa shape index (κ2) is 4.86. The smallest absolute Gasteiger partial charge is 0.118 e. The molecule has 0 aliphatic carbocycles. The number of nitrogens with two attached hydrogens (primary N) is 1. The molecular formula is C16H28N2O2. The third-order valence-electron chi connectivity index (χ3n) is 4.63. The van der Waals surface area contributed by atoms with E-state index in [-0.39, 0.29) is 16.7 Å². The molecule has 1 aromatic heterocycles. The molecule has 4 heteroatoms. The largest absolute Gasteiger partial charge is 0.465 e. The average Bonchev–Trinajstić information content (AvgIpc) is 2.77. The Hall–Kier alpha value is -0.840. The van der Waals surface area contributed by atoms with Crippen LogP contribution >= 0.6 is 0 Å². The molecule has 1 saturated heterocycles. The van der Waals surface area contributed by atoms with Gasteiger partial charge in [-0.3, -0.25) is 4.90 Å². The summed E-state index contributed by atoms with van der Waals surface area (Å²) in [7, 11) is 2.11. The molecule has 0 spiro atoms.